The van der Waals surface area contributed by atoms with Crippen LogP contribution in [0.25, 0.3) is 32.7 Å². The van der Waals surface area contributed by atoms with Crippen molar-refractivity contribution in [3.8, 4) is 11.1 Å². The normalized spacial score (nSPS) is 11.3. The highest BCUT2D eigenvalue weighted by Crippen LogP contribution is 2.37. The van der Waals surface area contributed by atoms with Gasteiger partial charge < -0.3 is 0 Å². The van der Waals surface area contributed by atoms with Gasteiger partial charge in [0.05, 0.1) is 0 Å². The highest BCUT2D eigenvalue weighted by Gasteiger charge is 2.12. The van der Waals surface area contributed by atoms with Crippen LogP contribution in [0.4, 0.5) is 0 Å². The van der Waals surface area contributed by atoms with Crippen molar-refractivity contribution >= 4 is 21.5 Å². The summed E-state index contributed by atoms with van der Waals surface area (Å²) in [7, 11) is 0. The quantitative estimate of drug-likeness (QED) is 0.315. The predicted molar refractivity (Wildman–Crippen MR) is 115 cm³/mol. The fraction of sp³-hybridized carbons (Fsp3) is 0.231. The number of hydrogen-bond donors (Lipinski definition) is 0. The van der Waals surface area contributed by atoms with Crippen molar-refractivity contribution in [3.63, 3.8) is 0 Å². The van der Waals surface area contributed by atoms with Crippen LogP contribution in [0.1, 0.15) is 38.2 Å². The van der Waals surface area contributed by atoms with E-state index >= 15 is 0 Å². The van der Waals surface area contributed by atoms with Crippen LogP contribution in [0.5, 0.6) is 0 Å². The zero-order valence-corrected chi connectivity index (χ0v) is 15.5. The number of benzene rings is 4. The number of unbranched alkanes of at least 4 members (excludes halogenated alkanes) is 3. The molecule has 4 aromatic carbocycles. The zero-order chi connectivity index (χ0) is 17.8. The summed E-state index contributed by atoms with van der Waals surface area (Å²) in [6.45, 7) is 2.28. The molecule has 0 amide bonds. The molecule has 0 heterocycles. The largest absolute Gasteiger partial charge is 0.0654 e. The van der Waals surface area contributed by atoms with Crippen LogP contribution in [0.3, 0.4) is 0 Å². The number of rotatable bonds is 6. The zero-order valence-electron chi connectivity index (χ0n) is 15.5. The Morgan fingerprint density at radius 1 is 0.577 bits per heavy atom. The van der Waals surface area contributed by atoms with Crippen LogP contribution < -0.4 is 0 Å². The molecule has 4 rings (SSSR count). The van der Waals surface area contributed by atoms with Crippen molar-refractivity contribution in [2.75, 3.05) is 0 Å². The van der Waals surface area contributed by atoms with Crippen molar-refractivity contribution in [1.29, 1.82) is 0 Å². The van der Waals surface area contributed by atoms with Crippen molar-refractivity contribution in [2.45, 2.75) is 39.0 Å². The van der Waals surface area contributed by atoms with E-state index in [1.807, 2.05) is 0 Å². The maximum atomic E-state index is 2.35. The Bertz CT molecular complexity index is 1020. The van der Waals surface area contributed by atoms with E-state index in [4.69, 9.17) is 0 Å². The molecule has 0 bridgehead atoms. The van der Waals surface area contributed by atoms with Crippen molar-refractivity contribution in [1.82, 2.24) is 0 Å². The lowest BCUT2D eigenvalue weighted by molar-refractivity contribution is 0.667. The van der Waals surface area contributed by atoms with E-state index < -0.39 is 0 Å². The van der Waals surface area contributed by atoms with Gasteiger partial charge in [-0.2, -0.15) is 0 Å². The van der Waals surface area contributed by atoms with Gasteiger partial charge in [0.2, 0.25) is 0 Å². The summed E-state index contributed by atoms with van der Waals surface area (Å²) in [5.41, 5.74) is 4.28. The maximum Gasteiger partial charge on any atom is -0.00671 e. The molecule has 0 atom stereocenters. The monoisotopic (exact) mass is 338 g/mol. The van der Waals surface area contributed by atoms with Crippen molar-refractivity contribution in [2.24, 2.45) is 0 Å². The van der Waals surface area contributed by atoms with Crippen LogP contribution in [0, 0.1) is 0 Å². The smallest absolute Gasteiger partial charge is 0.00671 e. The summed E-state index contributed by atoms with van der Waals surface area (Å²) in [5.74, 6) is 0. The standard InChI is InChI=1S/C26H26/c1-2-3-4-5-13-22-19-18-21-12-7-9-16-24(21)26(22)25-17-10-14-20-11-6-8-15-23(20)25/h6-12,14-19H,2-5,13H2,1H3. The topological polar surface area (TPSA) is 0 Å². The Kier molecular flexibility index (Phi) is 5.02. The third-order valence-corrected chi connectivity index (χ3v) is 5.37. The summed E-state index contributed by atoms with van der Waals surface area (Å²) >= 11 is 0. The molecule has 0 nitrogen and oxygen atoms in total. The molecule has 0 saturated carbocycles. The minimum Gasteiger partial charge on any atom is -0.0654 e. The van der Waals surface area contributed by atoms with Gasteiger partial charge in [0, 0.05) is 0 Å². The van der Waals surface area contributed by atoms with Crippen molar-refractivity contribution < 1.29 is 0 Å². The first-order chi connectivity index (χ1) is 12.9. The minimum absolute atomic E-state index is 1.16. The van der Waals surface area contributed by atoms with Gasteiger partial charge >= 0.3 is 0 Å². The molecular formula is C26H26. The highest BCUT2D eigenvalue weighted by atomic mass is 14.2. The molecule has 0 radical (unpaired) electrons. The molecule has 26 heavy (non-hydrogen) atoms. The lowest BCUT2D eigenvalue weighted by Crippen LogP contribution is -1.94. The fourth-order valence-electron chi connectivity index (χ4n) is 4.03. The van der Waals surface area contributed by atoms with Crippen LogP contribution in [0.2, 0.25) is 0 Å². The predicted octanol–water partition coefficient (Wildman–Crippen LogP) is 7.78. The summed E-state index contributed by atoms with van der Waals surface area (Å²) in [4.78, 5) is 0. The number of hydrogen-bond acceptors (Lipinski definition) is 0. The second kappa shape index (κ2) is 7.74. The van der Waals surface area contributed by atoms with Gasteiger partial charge in [-0.25, -0.2) is 0 Å². The molecule has 0 aliphatic rings. The molecule has 0 unspecified atom stereocenters. The van der Waals surface area contributed by atoms with E-state index in [1.54, 1.807) is 0 Å². The lowest BCUT2D eigenvalue weighted by atomic mass is 9.88. The summed E-state index contributed by atoms with van der Waals surface area (Å²) in [6, 6.07) is 28.9. The molecule has 130 valence electrons. The molecule has 0 aromatic heterocycles. The maximum absolute atomic E-state index is 2.35. The molecule has 0 saturated heterocycles. The average Bonchev–Trinajstić information content (AvgIpc) is 2.70. The third kappa shape index (κ3) is 3.24. The van der Waals surface area contributed by atoms with Crippen LogP contribution >= 0.6 is 0 Å². The SMILES string of the molecule is CCCCCCc1ccc2ccccc2c1-c1cccc2ccccc12. The van der Waals surface area contributed by atoms with Gasteiger partial charge in [-0.3, -0.25) is 0 Å². The van der Waals surface area contributed by atoms with Crippen molar-refractivity contribution in [3.05, 3.63) is 84.4 Å². The lowest BCUT2D eigenvalue weighted by Gasteiger charge is -2.16. The van der Waals surface area contributed by atoms with E-state index in [9.17, 15) is 0 Å². The summed E-state index contributed by atoms with van der Waals surface area (Å²) < 4.78 is 0. The fourth-order valence-corrected chi connectivity index (χ4v) is 4.03. The van der Waals surface area contributed by atoms with Gasteiger partial charge in [-0.15, -0.1) is 0 Å². The minimum atomic E-state index is 1.16. The molecule has 0 heteroatoms. The molecule has 0 aliphatic carbocycles. The van der Waals surface area contributed by atoms with Gasteiger partial charge in [-0.05, 0) is 51.1 Å². The van der Waals surface area contributed by atoms with E-state index in [-0.39, 0.29) is 0 Å². The van der Waals surface area contributed by atoms with Gasteiger partial charge in [0.15, 0.2) is 0 Å². The first-order valence-electron chi connectivity index (χ1n) is 9.87. The molecule has 0 N–H and O–H groups in total. The van der Waals surface area contributed by atoms with E-state index in [0.717, 1.165) is 6.42 Å². The number of aryl methyl sites for hydroxylation is 1. The Labute approximate surface area is 156 Å². The first kappa shape index (κ1) is 16.8. The van der Waals surface area contributed by atoms with Gasteiger partial charge in [0.1, 0.15) is 0 Å². The van der Waals surface area contributed by atoms with Crippen LogP contribution in [-0.4, -0.2) is 0 Å². The first-order valence-corrected chi connectivity index (χ1v) is 9.87. The molecule has 4 aromatic rings. The Hall–Kier alpha value is -2.60. The summed E-state index contributed by atoms with van der Waals surface area (Å²) in [5, 5.41) is 5.36. The van der Waals surface area contributed by atoms with Gasteiger partial charge in [-0.1, -0.05) is 105 Å². The van der Waals surface area contributed by atoms with E-state index in [1.165, 1.54) is 63.9 Å². The Balaban J connectivity index is 1.90. The summed E-state index contributed by atoms with van der Waals surface area (Å²) in [6.07, 6.45) is 6.36. The number of fused-ring (bicyclic) bond motifs is 2. The Morgan fingerprint density at radius 2 is 1.27 bits per heavy atom. The second-order valence-electron chi connectivity index (χ2n) is 7.16. The second-order valence-corrected chi connectivity index (χ2v) is 7.16. The van der Waals surface area contributed by atoms with E-state index in [0.29, 0.717) is 0 Å². The van der Waals surface area contributed by atoms with Crippen LogP contribution in [0.15, 0.2) is 78.9 Å². The molecule has 0 spiro atoms. The molecule has 0 fully saturated rings. The van der Waals surface area contributed by atoms with Gasteiger partial charge in [0.25, 0.3) is 0 Å². The highest BCUT2D eigenvalue weighted by molar-refractivity contribution is 6.06. The van der Waals surface area contributed by atoms with Crippen LogP contribution in [-0.2, 0) is 6.42 Å². The van der Waals surface area contributed by atoms with E-state index in [2.05, 4.69) is 85.8 Å². The molecular weight excluding hydrogens is 312 g/mol. The molecule has 0 aliphatic heterocycles. The third-order valence-electron chi connectivity index (χ3n) is 5.37. The Morgan fingerprint density at radius 3 is 2.08 bits per heavy atom. The average molecular weight is 338 g/mol.